The summed E-state index contributed by atoms with van der Waals surface area (Å²) in [6.45, 7) is 0.744. The highest BCUT2D eigenvalue weighted by Gasteiger charge is 2.30. The Morgan fingerprint density at radius 2 is 1.74 bits per heavy atom. The maximum absolute atomic E-state index is 11.7. The summed E-state index contributed by atoms with van der Waals surface area (Å²) >= 11 is 12.0. The molecule has 1 aliphatic carbocycles. The van der Waals surface area contributed by atoms with Crippen molar-refractivity contribution in [1.82, 2.24) is 0 Å². The van der Waals surface area contributed by atoms with Gasteiger partial charge in [0.1, 0.15) is 17.6 Å². The molecule has 0 bridgehead atoms. The Bertz CT molecular complexity index is 713. The van der Waals surface area contributed by atoms with E-state index in [2.05, 4.69) is 0 Å². The number of aldehydes is 1. The van der Waals surface area contributed by atoms with Gasteiger partial charge < -0.3 is 15.3 Å². The first-order valence-corrected chi connectivity index (χ1v) is 8.22. The van der Waals surface area contributed by atoms with Crippen LogP contribution in [0.25, 0.3) is 0 Å². The second-order valence-corrected chi connectivity index (χ2v) is 6.71. The molecule has 1 saturated carbocycles. The molecule has 0 amide bonds. The van der Waals surface area contributed by atoms with Gasteiger partial charge in [-0.05, 0) is 54.2 Å². The van der Waals surface area contributed by atoms with Crippen molar-refractivity contribution in [3.05, 3.63) is 63.6 Å². The van der Waals surface area contributed by atoms with Crippen molar-refractivity contribution in [3.8, 4) is 5.75 Å². The monoisotopic (exact) mass is 349 g/mol. The maximum Gasteiger partial charge on any atom is 0.148 e. The van der Waals surface area contributed by atoms with Crippen LogP contribution in [0.1, 0.15) is 24.0 Å². The van der Waals surface area contributed by atoms with Crippen LogP contribution in [0.15, 0.2) is 42.5 Å². The Morgan fingerprint density at radius 3 is 2.30 bits per heavy atom. The molecular formula is C18H17Cl2NO2. The van der Waals surface area contributed by atoms with Crippen LogP contribution in [0.4, 0.5) is 0 Å². The van der Waals surface area contributed by atoms with Crippen LogP contribution in [0.3, 0.4) is 0 Å². The number of hydrogen-bond donors (Lipinski definition) is 1. The van der Waals surface area contributed by atoms with Crippen LogP contribution >= 0.6 is 23.2 Å². The normalized spacial score (nSPS) is 16.7. The predicted octanol–water partition coefficient (Wildman–Crippen LogP) is 4.18. The number of ether oxygens (including phenoxy) is 1. The first-order chi connectivity index (χ1) is 11.0. The zero-order valence-corrected chi connectivity index (χ0v) is 14.0. The van der Waals surface area contributed by atoms with Crippen molar-refractivity contribution in [2.75, 3.05) is 6.61 Å². The lowest BCUT2D eigenvalue weighted by atomic mass is 9.85. The largest absolute Gasteiger partial charge is 0.493 e. The predicted molar refractivity (Wildman–Crippen MR) is 92.2 cm³/mol. The van der Waals surface area contributed by atoms with Crippen LogP contribution in [0, 0.1) is 5.92 Å². The smallest absolute Gasteiger partial charge is 0.148 e. The van der Waals surface area contributed by atoms with Gasteiger partial charge in [0, 0.05) is 0 Å². The van der Waals surface area contributed by atoms with Gasteiger partial charge in [0.15, 0.2) is 0 Å². The molecule has 1 aliphatic rings. The number of carbonyl (C=O) groups excluding carboxylic acids is 1. The van der Waals surface area contributed by atoms with Crippen LogP contribution < -0.4 is 10.5 Å². The molecule has 2 aromatic rings. The number of hydrogen-bond acceptors (Lipinski definition) is 3. The molecular weight excluding hydrogens is 333 g/mol. The minimum absolute atomic E-state index is 0.366. The Labute approximate surface area is 145 Å². The van der Waals surface area contributed by atoms with E-state index in [1.807, 2.05) is 12.1 Å². The van der Waals surface area contributed by atoms with Crippen molar-refractivity contribution >= 4 is 29.5 Å². The molecule has 5 heteroatoms. The Balaban J connectivity index is 1.85. The van der Waals surface area contributed by atoms with E-state index in [4.69, 9.17) is 33.7 Å². The lowest BCUT2D eigenvalue weighted by Gasteiger charge is -2.25. The van der Waals surface area contributed by atoms with Crippen LogP contribution in [-0.2, 0) is 10.3 Å². The average molecular weight is 350 g/mol. The van der Waals surface area contributed by atoms with E-state index in [-0.39, 0.29) is 0 Å². The highest BCUT2D eigenvalue weighted by molar-refractivity contribution is 6.42. The highest BCUT2D eigenvalue weighted by atomic mass is 35.5. The fraction of sp³-hybridized carbons (Fsp3) is 0.278. The third-order valence-electron chi connectivity index (χ3n) is 4.10. The van der Waals surface area contributed by atoms with Crippen LogP contribution in [0.2, 0.25) is 10.0 Å². The molecule has 1 atom stereocenters. The SMILES string of the molecule is NC(C=O)(c1ccc(OCC2CC2)cc1)c1ccc(Cl)c(Cl)c1. The molecule has 120 valence electrons. The summed E-state index contributed by atoms with van der Waals surface area (Å²) in [5.74, 6) is 1.47. The van der Waals surface area contributed by atoms with Crippen LogP contribution in [0.5, 0.6) is 5.75 Å². The summed E-state index contributed by atoms with van der Waals surface area (Å²) in [5.41, 5.74) is 6.32. The molecule has 1 fully saturated rings. The fourth-order valence-corrected chi connectivity index (χ4v) is 2.68. The zero-order valence-electron chi connectivity index (χ0n) is 12.5. The molecule has 1 unspecified atom stereocenters. The van der Waals surface area contributed by atoms with Gasteiger partial charge in [0.05, 0.1) is 16.7 Å². The molecule has 2 N–H and O–H groups in total. The molecule has 0 heterocycles. The van der Waals surface area contributed by atoms with E-state index in [0.717, 1.165) is 12.4 Å². The second kappa shape index (κ2) is 6.52. The number of carbonyl (C=O) groups is 1. The van der Waals surface area contributed by atoms with Crippen LogP contribution in [-0.4, -0.2) is 12.9 Å². The zero-order chi connectivity index (χ0) is 16.4. The fourth-order valence-electron chi connectivity index (χ4n) is 2.38. The lowest BCUT2D eigenvalue weighted by molar-refractivity contribution is -0.111. The second-order valence-electron chi connectivity index (χ2n) is 5.89. The van der Waals surface area contributed by atoms with Gasteiger partial charge in [-0.3, -0.25) is 0 Å². The van der Waals surface area contributed by atoms with E-state index in [1.165, 1.54) is 12.8 Å². The minimum Gasteiger partial charge on any atom is -0.493 e. The summed E-state index contributed by atoms with van der Waals surface area (Å²) in [4.78, 5) is 11.7. The molecule has 0 aliphatic heterocycles. The van der Waals surface area contributed by atoms with E-state index in [1.54, 1.807) is 30.3 Å². The Hall–Kier alpha value is -1.55. The molecule has 0 saturated heterocycles. The molecule has 0 radical (unpaired) electrons. The molecule has 23 heavy (non-hydrogen) atoms. The Kier molecular flexibility index (Phi) is 4.62. The van der Waals surface area contributed by atoms with Gasteiger partial charge >= 0.3 is 0 Å². The molecule has 0 aromatic heterocycles. The third kappa shape index (κ3) is 3.52. The van der Waals surface area contributed by atoms with Crippen molar-refractivity contribution in [2.45, 2.75) is 18.4 Å². The van der Waals surface area contributed by atoms with Crippen molar-refractivity contribution < 1.29 is 9.53 Å². The highest BCUT2D eigenvalue weighted by Crippen LogP contribution is 2.32. The first kappa shape index (κ1) is 16.3. The summed E-state index contributed by atoms with van der Waals surface area (Å²) in [7, 11) is 0. The van der Waals surface area contributed by atoms with Gasteiger partial charge in [-0.2, -0.15) is 0 Å². The van der Waals surface area contributed by atoms with Gasteiger partial charge in [-0.15, -0.1) is 0 Å². The lowest BCUT2D eigenvalue weighted by Crippen LogP contribution is -2.39. The maximum atomic E-state index is 11.7. The summed E-state index contributed by atoms with van der Waals surface area (Å²) in [6, 6.07) is 12.2. The number of benzene rings is 2. The van der Waals surface area contributed by atoms with Gasteiger partial charge in [-0.1, -0.05) is 41.4 Å². The van der Waals surface area contributed by atoms with Crippen molar-refractivity contribution in [1.29, 1.82) is 0 Å². The minimum atomic E-state index is -1.27. The first-order valence-electron chi connectivity index (χ1n) is 7.47. The number of nitrogens with two attached hydrogens (primary N) is 1. The standard InChI is InChI=1S/C18H17Cl2NO2/c19-16-8-5-14(9-17(16)20)18(21,11-22)13-3-6-15(7-4-13)23-10-12-1-2-12/h3-9,11-12H,1-2,10,21H2. The van der Waals surface area contributed by atoms with Gasteiger partial charge in [-0.25, -0.2) is 0 Å². The summed E-state index contributed by atoms with van der Waals surface area (Å²) < 4.78 is 5.70. The topological polar surface area (TPSA) is 52.3 Å². The molecule has 2 aromatic carbocycles. The summed E-state index contributed by atoms with van der Waals surface area (Å²) in [6.07, 6.45) is 3.20. The molecule has 0 spiro atoms. The van der Waals surface area contributed by atoms with E-state index >= 15 is 0 Å². The van der Waals surface area contributed by atoms with Crippen molar-refractivity contribution in [3.63, 3.8) is 0 Å². The van der Waals surface area contributed by atoms with Crippen molar-refractivity contribution in [2.24, 2.45) is 11.7 Å². The van der Waals surface area contributed by atoms with E-state index in [9.17, 15) is 4.79 Å². The number of rotatable bonds is 6. The van der Waals surface area contributed by atoms with E-state index < -0.39 is 5.54 Å². The quantitative estimate of drug-likeness (QED) is 0.795. The summed E-state index contributed by atoms with van der Waals surface area (Å²) in [5, 5.41) is 0.790. The van der Waals surface area contributed by atoms with E-state index in [0.29, 0.717) is 33.4 Å². The Morgan fingerprint density at radius 1 is 1.09 bits per heavy atom. The third-order valence-corrected chi connectivity index (χ3v) is 4.84. The number of halogens is 2. The molecule has 3 nitrogen and oxygen atoms in total. The van der Waals surface area contributed by atoms with Gasteiger partial charge in [0.2, 0.25) is 0 Å². The average Bonchev–Trinajstić information content (AvgIpc) is 3.39. The van der Waals surface area contributed by atoms with Gasteiger partial charge in [0.25, 0.3) is 0 Å². The molecule has 3 rings (SSSR count).